The van der Waals surface area contributed by atoms with Gasteiger partial charge in [0, 0.05) is 34.6 Å². The Hall–Kier alpha value is -5.25. The third-order valence-electron chi connectivity index (χ3n) is 6.75. The van der Waals surface area contributed by atoms with Crippen LogP contribution in [0.5, 0.6) is 34.5 Å². The van der Waals surface area contributed by atoms with Crippen molar-refractivity contribution in [2.24, 2.45) is 0 Å². The number of pyridine rings is 1. The zero-order valence-corrected chi connectivity index (χ0v) is 23.6. The van der Waals surface area contributed by atoms with Gasteiger partial charge in [-0.15, -0.1) is 0 Å². The quantitative estimate of drug-likeness (QED) is 0.200. The van der Waals surface area contributed by atoms with Crippen LogP contribution < -0.4 is 33.8 Å². The SMILES string of the molecule is COc1cc(-c2ccc(-c3cc(=O)cc(-c4ccc(-c5cc(OC)c(OC)c(OC)c5)[nH]4)[nH]3)[nH]2)cc(OC)c1OC. The summed E-state index contributed by atoms with van der Waals surface area (Å²) in [5.74, 6) is 3.20. The van der Waals surface area contributed by atoms with E-state index in [2.05, 4.69) is 15.0 Å². The Kier molecular flexibility index (Phi) is 7.64. The van der Waals surface area contributed by atoms with Gasteiger partial charge in [0.25, 0.3) is 0 Å². The summed E-state index contributed by atoms with van der Waals surface area (Å²) in [6.45, 7) is 0. The number of H-pyrrole nitrogens is 3. The molecule has 0 unspecified atom stereocenters. The van der Waals surface area contributed by atoms with E-state index >= 15 is 0 Å². The molecule has 212 valence electrons. The number of ether oxygens (including phenoxy) is 6. The van der Waals surface area contributed by atoms with Gasteiger partial charge in [0.2, 0.25) is 11.5 Å². The molecule has 3 aromatic heterocycles. The normalized spacial score (nSPS) is 10.8. The fourth-order valence-corrected chi connectivity index (χ4v) is 4.75. The highest BCUT2D eigenvalue weighted by atomic mass is 16.5. The number of nitrogens with one attached hydrogen (secondary N) is 3. The summed E-state index contributed by atoms with van der Waals surface area (Å²) in [4.78, 5) is 22.9. The van der Waals surface area contributed by atoms with Crippen molar-refractivity contribution in [3.63, 3.8) is 0 Å². The maximum Gasteiger partial charge on any atom is 0.203 e. The highest BCUT2D eigenvalue weighted by Gasteiger charge is 2.17. The lowest BCUT2D eigenvalue weighted by molar-refractivity contribution is 0.324. The van der Waals surface area contributed by atoms with Crippen LogP contribution in [0.3, 0.4) is 0 Å². The smallest absolute Gasteiger partial charge is 0.203 e. The minimum atomic E-state index is -0.137. The van der Waals surface area contributed by atoms with Crippen LogP contribution in [0.1, 0.15) is 0 Å². The van der Waals surface area contributed by atoms with Gasteiger partial charge in [-0.25, -0.2) is 0 Å². The van der Waals surface area contributed by atoms with Crippen LogP contribution in [0.25, 0.3) is 45.3 Å². The summed E-state index contributed by atoms with van der Waals surface area (Å²) < 4.78 is 32.8. The molecule has 0 aliphatic rings. The largest absolute Gasteiger partial charge is 0.493 e. The standard InChI is InChI=1S/C31H31N3O7/c1-36-26-11-17(12-27(37-2)30(26)40-5)20-7-9-22(32-20)24-15-19(35)16-25(34-24)23-10-8-21(33-23)18-13-28(38-3)31(41-6)29(14-18)39-4/h7-16,32-33H,1-6H3,(H,34,35). The molecule has 10 nitrogen and oxygen atoms in total. The summed E-state index contributed by atoms with van der Waals surface area (Å²) in [5.41, 5.74) is 5.91. The van der Waals surface area contributed by atoms with Crippen molar-refractivity contribution in [3.05, 3.63) is 70.9 Å². The Morgan fingerprint density at radius 3 is 1.05 bits per heavy atom. The Balaban J connectivity index is 1.49. The fraction of sp³-hybridized carbons (Fsp3) is 0.194. The van der Waals surface area contributed by atoms with Crippen LogP contribution in [0, 0.1) is 0 Å². The molecule has 2 aromatic carbocycles. The topological polar surface area (TPSA) is 120 Å². The Labute approximate surface area is 236 Å². The van der Waals surface area contributed by atoms with Crippen molar-refractivity contribution in [1.29, 1.82) is 0 Å². The molecule has 0 aliphatic heterocycles. The molecule has 3 N–H and O–H groups in total. The summed E-state index contributed by atoms with van der Waals surface area (Å²) >= 11 is 0. The van der Waals surface area contributed by atoms with Crippen LogP contribution in [0.2, 0.25) is 0 Å². The Morgan fingerprint density at radius 2 is 0.732 bits per heavy atom. The van der Waals surface area contributed by atoms with Crippen molar-refractivity contribution in [2.75, 3.05) is 42.7 Å². The summed E-state index contributed by atoms with van der Waals surface area (Å²) in [5, 5.41) is 0. The molecular formula is C31H31N3O7. The number of rotatable bonds is 10. The minimum Gasteiger partial charge on any atom is -0.493 e. The number of aromatic amines is 3. The minimum absolute atomic E-state index is 0.137. The second-order valence-corrected chi connectivity index (χ2v) is 9.04. The maximum atomic E-state index is 12.7. The van der Waals surface area contributed by atoms with Gasteiger partial charge in [-0.1, -0.05) is 0 Å². The van der Waals surface area contributed by atoms with Gasteiger partial charge < -0.3 is 43.4 Å². The number of benzene rings is 2. The molecule has 0 bridgehead atoms. The van der Waals surface area contributed by atoms with Crippen molar-refractivity contribution >= 4 is 0 Å². The van der Waals surface area contributed by atoms with E-state index in [0.29, 0.717) is 45.9 Å². The molecule has 0 spiro atoms. The van der Waals surface area contributed by atoms with Crippen molar-refractivity contribution in [3.8, 4) is 79.8 Å². The summed E-state index contributed by atoms with van der Waals surface area (Å²) in [6, 6.07) is 18.2. The van der Waals surface area contributed by atoms with Crippen LogP contribution in [-0.4, -0.2) is 57.6 Å². The molecule has 0 saturated heterocycles. The van der Waals surface area contributed by atoms with Gasteiger partial charge in [0.1, 0.15) is 0 Å². The molecule has 0 amide bonds. The highest BCUT2D eigenvalue weighted by molar-refractivity contribution is 5.74. The molecule has 5 rings (SSSR count). The first-order valence-electron chi connectivity index (χ1n) is 12.7. The predicted molar refractivity (Wildman–Crippen MR) is 157 cm³/mol. The van der Waals surface area contributed by atoms with Crippen molar-refractivity contribution in [1.82, 2.24) is 15.0 Å². The number of hydrogen-bond donors (Lipinski definition) is 3. The molecule has 10 heteroatoms. The molecule has 41 heavy (non-hydrogen) atoms. The monoisotopic (exact) mass is 557 g/mol. The lowest BCUT2D eigenvalue weighted by Crippen LogP contribution is -2.02. The first-order valence-corrected chi connectivity index (χ1v) is 12.7. The molecule has 0 saturated carbocycles. The lowest BCUT2D eigenvalue weighted by atomic mass is 10.1. The predicted octanol–water partition coefficient (Wildman–Crippen LogP) is 5.75. The van der Waals surface area contributed by atoms with Gasteiger partial charge in [0.15, 0.2) is 28.4 Å². The van der Waals surface area contributed by atoms with Gasteiger partial charge >= 0.3 is 0 Å². The first kappa shape index (κ1) is 27.3. The zero-order valence-electron chi connectivity index (χ0n) is 23.6. The number of aromatic nitrogens is 3. The lowest BCUT2D eigenvalue weighted by Gasteiger charge is -2.13. The molecule has 0 atom stereocenters. The second kappa shape index (κ2) is 11.5. The first-order chi connectivity index (χ1) is 19.9. The van der Waals surface area contributed by atoms with E-state index in [1.165, 1.54) is 0 Å². The second-order valence-electron chi connectivity index (χ2n) is 9.04. The van der Waals surface area contributed by atoms with E-state index in [1.807, 2.05) is 48.5 Å². The van der Waals surface area contributed by atoms with Gasteiger partial charge in [-0.3, -0.25) is 4.79 Å². The van der Waals surface area contributed by atoms with Gasteiger partial charge in [-0.2, -0.15) is 0 Å². The molecule has 0 radical (unpaired) electrons. The molecular weight excluding hydrogens is 526 g/mol. The van der Waals surface area contributed by atoms with Crippen LogP contribution in [0.15, 0.2) is 65.5 Å². The fourth-order valence-electron chi connectivity index (χ4n) is 4.75. The molecule has 0 fully saturated rings. The summed E-state index contributed by atoms with van der Waals surface area (Å²) in [6.07, 6.45) is 0. The maximum absolute atomic E-state index is 12.7. The van der Waals surface area contributed by atoms with E-state index in [4.69, 9.17) is 28.4 Å². The van der Waals surface area contributed by atoms with E-state index in [-0.39, 0.29) is 5.43 Å². The average Bonchev–Trinajstić information content (AvgIpc) is 3.70. The van der Waals surface area contributed by atoms with Crippen molar-refractivity contribution in [2.45, 2.75) is 0 Å². The molecule has 5 aromatic rings. The van der Waals surface area contributed by atoms with E-state index in [9.17, 15) is 4.79 Å². The Morgan fingerprint density at radius 1 is 0.415 bits per heavy atom. The summed E-state index contributed by atoms with van der Waals surface area (Å²) in [7, 11) is 9.42. The van der Waals surface area contributed by atoms with Crippen LogP contribution in [-0.2, 0) is 0 Å². The van der Waals surface area contributed by atoms with E-state index in [0.717, 1.165) is 33.9 Å². The Bertz CT molecular complexity index is 1580. The van der Waals surface area contributed by atoms with E-state index < -0.39 is 0 Å². The van der Waals surface area contributed by atoms with Crippen LogP contribution in [0.4, 0.5) is 0 Å². The molecule has 3 heterocycles. The van der Waals surface area contributed by atoms with Gasteiger partial charge in [-0.05, 0) is 48.5 Å². The van der Waals surface area contributed by atoms with Crippen molar-refractivity contribution < 1.29 is 28.4 Å². The third-order valence-corrected chi connectivity index (χ3v) is 6.75. The molecule has 0 aliphatic carbocycles. The zero-order chi connectivity index (χ0) is 29.1. The third kappa shape index (κ3) is 5.19. The average molecular weight is 558 g/mol. The number of methoxy groups -OCH3 is 6. The number of hydrogen-bond acceptors (Lipinski definition) is 7. The van der Waals surface area contributed by atoms with Crippen LogP contribution >= 0.6 is 0 Å². The highest BCUT2D eigenvalue weighted by Crippen LogP contribution is 2.42. The van der Waals surface area contributed by atoms with Gasteiger partial charge in [0.05, 0.1) is 65.4 Å². The van der Waals surface area contributed by atoms with E-state index in [1.54, 1.807) is 54.8 Å².